The van der Waals surface area contributed by atoms with Gasteiger partial charge >= 0.3 is 6.09 Å². The van der Waals surface area contributed by atoms with E-state index in [1.165, 1.54) is 10.4 Å². The average Bonchev–Trinajstić information content (AvgIpc) is 2.65. The zero-order chi connectivity index (χ0) is 18.9. The van der Waals surface area contributed by atoms with E-state index in [1.54, 1.807) is 25.1 Å². The number of rotatable bonds is 7. The van der Waals surface area contributed by atoms with E-state index >= 15 is 0 Å². The summed E-state index contributed by atoms with van der Waals surface area (Å²) in [6.07, 6.45) is 4.79. The normalized spacial score (nSPS) is 11.1. The monoisotopic (exact) mass is 372 g/mol. The molecule has 0 aliphatic heterocycles. The highest BCUT2D eigenvalue weighted by molar-refractivity contribution is 7.97. The van der Waals surface area contributed by atoms with Crippen molar-refractivity contribution >= 4 is 18.0 Å². The molecule has 0 N–H and O–H groups in total. The van der Waals surface area contributed by atoms with E-state index in [-0.39, 0.29) is 12.4 Å². The average molecular weight is 372 g/mol. The van der Waals surface area contributed by atoms with Gasteiger partial charge in [-0.25, -0.2) is 9.10 Å². The number of para-hydroxylation sites is 1. The summed E-state index contributed by atoms with van der Waals surface area (Å²) in [7, 11) is 0. The Bertz CT molecular complexity index is 807. The van der Waals surface area contributed by atoms with E-state index in [4.69, 9.17) is 11.2 Å². The Morgan fingerprint density at radius 3 is 2.58 bits per heavy atom. The molecular formula is C18H16N2O5S. The number of hydrogen-bond donors (Lipinski definition) is 0. The Kier molecular flexibility index (Phi) is 6.88. The number of carbonyl (C=O) groups excluding carboxylic acids is 1. The Morgan fingerprint density at radius 2 is 1.92 bits per heavy atom. The fraction of sp³-hybridized carbons (Fsp3) is 0.167. The maximum atomic E-state index is 12.5. The Labute approximate surface area is 155 Å². The molecule has 0 heterocycles. The molecule has 0 bridgehead atoms. The SMILES string of the molecule is C#C[C@@H](C)N(Sc1ccccc1O[N+](=O)[O-])C(=O)OCc1ccccc1. The third-order valence-electron chi connectivity index (χ3n) is 3.20. The predicted octanol–water partition coefficient (Wildman–Crippen LogP) is 3.92. The lowest BCUT2D eigenvalue weighted by molar-refractivity contribution is -0.711. The van der Waals surface area contributed by atoms with Crippen molar-refractivity contribution < 1.29 is 19.5 Å². The number of ether oxygens (including phenoxy) is 1. The Balaban J connectivity index is 2.14. The molecule has 1 amide bonds. The minimum Gasteiger partial charge on any atom is -0.444 e. The zero-order valence-corrected chi connectivity index (χ0v) is 14.7. The highest BCUT2D eigenvalue weighted by Crippen LogP contribution is 2.33. The van der Waals surface area contributed by atoms with E-state index in [2.05, 4.69) is 10.8 Å². The van der Waals surface area contributed by atoms with Crippen LogP contribution in [0.4, 0.5) is 4.79 Å². The van der Waals surface area contributed by atoms with Gasteiger partial charge in [0.25, 0.3) is 5.09 Å². The van der Waals surface area contributed by atoms with Crippen molar-refractivity contribution in [3.63, 3.8) is 0 Å². The molecule has 0 aliphatic rings. The lowest BCUT2D eigenvalue weighted by Gasteiger charge is -2.24. The quantitative estimate of drug-likeness (QED) is 0.317. The van der Waals surface area contributed by atoms with E-state index in [1.807, 2.05) is 30.3 Å². The third-order valence-corrected chi connectivity index (χ3v) is 4.39. The van der Waals surface area contributed by atoms with Gasteiger partial charge in [-0.05, 0) is 36.6 Å². The van der Waals surface area contributed by atoms with Crippen LogP contribution in [-0.2, 0) is 11.3 Å². The van der Waals surface area contributed by atoms with Crippen molar-refractivity contribution in [2.45, 2.75) is 24.5 Å². The van der Waals surface area contributed by atoms with Crippen molar-refractivity contribution in [3.8, 4) is 18.1 Å². The van der Waals surface area contributed by atoms with E-state index in [9.17, 15) is 14.9 Å². The summed E-state index contributed by atoms with van der Waals surface area (Å²) in [5, 5.41) is 9.71. The number of terminal acetylenes is 1. The molecule has 26 heavy (non-hydrogen) atoms. The number of nitrogens with zero attached hydrogens (tertiary/aromatic N) is 2. The molecular weight excluding hydrogens is 356 g/mol. The Morgan fingerprint density at radius 1 is 1.27 bits per heavy atom. The number of hydrogen-bond acceptors (Lipinski definition) is 6. The van der Waals surface area contributed by atoms with E-state index in [0.29, 0.717) is 4.90 Å². The highest BCUT2D eigenvalue weighted by atomic mass is 32.2. The molecule has 2 aromatic carbocycles. The first-order valence-corrected chi connectivity index (χ1v) is 8.34. The zero-order valence-electron chi connectivity index (χ0n) is 13.9. The molecule has 0 aromatic heterocycles. The molecule has 8 heteroatoms. The molecule has 1 atom stereocenters. The summed E-state index contributed by atoms with van der Waals surface area (Å²) < 4.78 is 6.53. The van der Waals surface area contributed by atoms with E-state index in [0.717, 1.165) is 17.5 Å². The van der Waals surface area contributed by atoms with Crippen LogP contribution in [0, 0.1) is 22.5 Å². The smallest absolute Gasteiger partial charge is 0.421 e. The fourth-order valence-electron chi connectivity index (χ4n) is 1.91. The van der Waals surface area contributed by atoms with Gasteiger partial charge in [-0.1, -0.05) is 48.4 Å². The van der Waals surface area contributed by atoms with Crippen LogP contribution in [0.3, 0.4) is 0 Å². The van der Waals surface area contributed by atoms with Crippen molar-refractivity contribution in [1.29, 1.82) is 0 Å². The molecule has 2 rings (SSSR count). The van der Waals surface area contributed by atoms with Gasteiger partial charge in [0.1, 0.15) is 18.4 Å². The van der Waals surface area contributed by atoms with Crippen LogP contribution in [0.1, 0.15) is 12.5 Å². The highest BCUT2D eigenvalue weighted by Gasteiger charge is 2.23. The van der Waals surface area contributed by atoms with Gasteiger partial charge in [-0.15, -0.1) is 16.5 Å². The summed E-state index contributed by atoms with van der Waals surface area (Å²) in [4.78, 5) is 28.0. The van der Waals surface area contributed by atoms with Crippen molar-refractivity contribution in [2.75, 3.05) is 0 Å². The summed E-state index contributed by atoms with van der Waals surface area (Å²) >= 11 is 0.920. The first-order chi connectivity index (χ1) is 12.5. The van der Waals surface area contributed by atoms with Crippen LogP contribution in [0.2, 0.25) is 0 Å². The standard InChI is InChI=1S/C18H16N2O5S/c1-3-14(2)19(18(21)24-13-15-9-5-4-6-10-15)26-17-12-8-7-11-16(17)25-20(22)23/h1,4-12,14H,13H2,2H3/t14-/m1/s1. The fourth-order valence-corrected chi connectivity index (χ4v) is 2.81. The summed E-state index contributed by atoms with van der Waals surface area (Å²) in [5.41, 5.74) is 0.830. The van der Waals surface area contributed by atoms with Crippen LogP contribution >= 0.6 is 11.9 Å². The minimum absolute atomic E-state index is 0.00702. The number of amides is 1. The molecule has 134 valence electrons. The summed E-state index contributed by atoms with van der Waals surface area (Å²) in [5.74, 6) is 2.46. The molecule has 2 aromatic rings. The van der Waals surface area contributed by atoms with Crippen molar-refractivity contribution in [3.05, 3.63) is 70.3 Å². The molecule has 0 radical (unpaired) electrons. The van der Waals surface area contributed by atoms with Gasteiger partial charge in [0.05, 0.1) is 4.90 Å². The number of benzene rings is 2. The summed E-state index contributed by atoms with van der Waals surface area (Å²) in [6, 6.07) is 14.9. The molecule has 0 saturated heterocycles. The topological polar surface area (TPSA) is 81.9 Å². The van der Waals surface area contributed by atoms with Crippen molar-refractivity contribution in [1.82, 2.24) is 4.31 Å². The van der Waals surface area contributed by atoms with Gasteiger partial charge in [-0.3, -0.25) is 4.84 Å². The maximum absolute atomic E-state index is 12.5. The minimum atomic E-state index is -0.915. The van der Waals surface area contributed by atoms with Crippen LogP contribution in [-0.4, -0.2) is 21.5 Å². The first kappa shape index (κ1) is 19.1. The van der Waals surface area contributed by atoms with Gasteiger partial charge < -0.3 is 4.74 Å². The molecule has 0 unspecified atom stereocenters. The van der Waals surface area contributed by atoms with Gasteiger partial charge in [0.2, 0.25) is 0 Å². The maximum Gasteiger partial charge on any atom is 0.421 e. The van der Waals surface area contributed by atoms with Gasteiger partial charge in [0, 0.05) is 0 Å². The van der Waals surface area contributed by atoms with Crippen LogP contribution in [0.5, 0.6) is 5.75 Å². The largest absolute Gasteiger partial charge is 0.444 e. The van der Waals surface area contributed by atoms with Crippen LogP contribution < -0.4 is 4.84 Å². The molecule has 0 aliphatic carbocycles. The van der Waals surface area contributed by atoms with E-state index < -0.39 is 17.2 Å². The second-order valence-electron chi connectivity index (χ2n) is 5.06. The lowest BCUT2D eigenvalue weighted by Crippen LogP contribution is -2.32. The molecule has 0 fully saturated rings. The van der Waals surface area contributed by atoms with Crippen LogP contribution in [0.25, 0.3) is 0 Å². The Hall–Kier alpha value is -3.18. The molecule has 0 saturated carbocycles. The lowest BCUT2D eigenvalue weighted by atomic mass is 10.2. The third kappa shape index (κ3) is 5.43. The molecule has 7 nitrogen and oxygen atoms in total. The first-order valence-electron chi connectivity index (χ1n) is 7.56. The number of carbonyl (C=O) groups is 1. The van der Waals surface area contributed by atoms with Gasteiger partial charge in [0.15, 0.2) is 0 Å². The predicted molar refractivity (Wildman–Crippen MR) is 96.7 cm³/mol. The molecule has 0 spiro atoms. The van der Waals surface area contributed by atoms with Crippen molar-refractivity contribution in [2.24, 2.45) is 0 Å². The second-order valence-corrected chi connectivity index (χ2v) is 6.08. The second kappa shape index (κ2) is 9.34. The van der Waals surface area contributed by atoms with Gasteiger partial charge in [-0.2, -0.15) is 0 Å². The summed E-state index contributed by atoms with van der Waals surface area (Å²) in [6.45, 7) is 1.73. The van der Waals surface area contributed by atoms with Crippen LogP contribution in [0.15, 0.2) is 59.5 Å².